The van der Waals surface area contributed by atoms with Crippen molar-refractivity contribution in [3.05, 3.63) is 42.5 Å². The summed E-state index contributed by atoms with van der Waals surface area (Å²) < 4.78 is 3.72. The van der Waals surface area contributed by atoms with Crippen molar-refractivity contribution in [3.8, 4) is 11.5 Å². The highest BCUT2D eigenvalue weighted by Crippen LogP contribution is 2.44. The molecule has 18 heavy (non-hydrogen) atoms. The van der Waals surface area contributed by atoms with Gasteiger partial charge in [0.1, 0.15) is 11.5 Å². The Morgan fingerprint density at radius 1 is 0.778 bits per heavy atom. The number of benzene rings is 3. The molecule has 0 saturated heterocycles. The summed E-state index contributed by atoms with van der Waals surface area (Å²) in [6.07, 6.45) is 0. The van der Waals surface area contributed by atoms with Crippen molar-refractivity contribution in [1.82, 2.24) is 0 Å². The molecule has 4 heteroatoms. The number of phenolic OH excluding ortho intramolecular Hbond substituents is 2. The van der Waals surface area contributed by atoms with E-state index in [1.165, 1.54) is 0 Å². The summed E-state index contributed by atoms with van der Waals surface area (Å²) in [4.78, 5) is 0. The molecule has 0 fully saturated rings. The van der Waals surface area contributed by atoms with Gasteiger partial charge in [-0.1, -0.05) is 36.4 Å². The molecule has 0 heterocycles. The molecule has 3 aromatic rings. The molecule has 88 valence electrons. The molecule has 0 saturated carbocycles. The smallest absolute Gasteiger partial charge is 0.133 e. The first kappa shape index (κ1) is 10.9. The predicted molar refractivity (Wildman–Crippen MR) is 74.2 cm³/mol. The average molecular weight is 255 g/mol. The molecule has 0 aromatic heterocycles. The molecular formula is C14H9NO2S. The standard InChI is InChI=1S/C14H9NO2S/c16-13-8-4-1-2-5-9(8)14(17)12-10(13)6-3-7-11(12)15-18/h1-7,16-17H. The lowest BCUT2D eigenvalue weighted by Gasteiger charge is -2.10. The van der Waals surface area contributed by atoms with Crippen LogP contribution in [0.3, 0.4) is 0 Å². The Balaban J connectivity index is 2.67. The van der Waals surface area contributed by atoms with E-state index >= 15 is 0 Å². The van der Waals surface area contributed by atoms with E-state index in [0.29, 0.717) is 27.2 Å². The predicted octanol–water partition coefficient (Wildman–Crippen LogP) is 3.77. The van der Waals surface area contributed by atoms with E-state index in [0.717, 1.165) is 0 Å². The van der Waals surface area contributed by atoms with E-state index < -0.39 is 0 Å². The third-order valence-corrected chi connectivity index (χ3v) is 3.27. The van der Waals surface area contributed by atoms with Crippen molar-refractivity contribution in [2.24, 2.45) is 4.36 Å². The first-order chi connectivity index (χ1) is 8.74. The summed E-state index contributed by atoms with van der Waals surface area (Å²) in [7, 11) is 0. The minimum Gasteiger partial charge on any atom is -0.507 e. The summed E-state index contributed by atoms with van der Waals surface area (Å²) in [5.41, 5.74) is 0.487. The van der Waals surface area contributed by atoms with Gasteiger partial charge in [0.05, 0.1) is 11.1 Å². The molecule has 0 radical (unpaired) electrons. The van der Waals surface area contributed by atoms with Crippen LogP contribution in [-0.4, -0.2) is 10.2 Å². The lowest BCUT2D eigenvalue weighted by Crippen LogP contribution is -1.81. The Kier molecular flexibility index (Phi) is 2.38. The van der Waals surface area contributed by atoms with E-state index in [4.69, 9.17) is 12.4 Å². The van der Waals surface area contributed by atoms with Crippen LogP contribution in [0.5, 0.6) is 11.5 Å². The number of rotatable bonds is 1. The molecule has 2 N–H and O–H groups in total. The molecular weight excluding hydrogens is 246 g/mol. The molecule has 0 aliphatic carbocycles. The topological polar surface area (TPSA) is 52.8 Å². The number of aromatic hydroxyl groups is 2. The van der Waals surface area contributed by atoms with Crippen LogP contribution >= 0.6 is 0 Å². The zero-order valence-corrected chi connectivity index (χ0v) is 10.1. The van der Waals surface area contributed by atoms with Crippen LogP contribution in [0, 0.1) is 0 Å². The lowest BCUT2D eigenvalue weighted by molar-refractivity contribution is 0.478. The molecule has 0 spiro atoms. The quantitative estimate of drug-likeness (QED) is 0.514. The van der Waals surface area contributed by atoms with Gasteiger partial charge < -0.3 is 10.2 Å². The monoisotopic (exact) mass is 255 g/mol. The maximum Gasteiger partial charge on any atom is 0.133 e. The lowest BCUT2D eigenvalue weighted by atomic mass is 10.00. The fraction of sp³-hybridized carbons (Fsp3) is 0. The highest BCUT2D eigenvalue weighted by Gasteiger charge is 2.14. The maximum atomic E-state index is 10.3. The van der Waals surface area contributed by atoms with Gasteiger partial charge in [0.15, 0.2) is 0 Å². The van der Waals surface area contributed by atoms with Crippen LogP contribution in [0.1, 0.15) is 0 Å². The first-order valence-corrected chi connectivity index (χ1v) is 5.79. The molecule has 0 aliphatic heterocycles. The van der Waals surface area contributed by atoms with Crippen molar-refractivity contribution in [2.45, 2.75) is 0 Å². The van der Waals surface area contributed by atoms with Crippen LogP contribution in [-0.2, 0) is 12.4 Å². The van der Waals surface area contributed by atoms with Crippen LogP contribution in [0.15, 0.2) is 46.8 Å². The van der Waals surface area contributed by atoms with Crippen LogP contribution in [0.4, 0.5) is 5.69 Å². The number of hydrogen-bond donors (Lipinski definition) is 2. The second-order valence-electron chi connectivity index (χ2n) is 4.03. The Hall–Kier alpha value is -2.20. The number of hydrogen-bond acceptors (Lipinski definition) is 4. The summed E-state index contributed by atoms with van der Waals surface area (Å²) in [6, 6.07) is 12.3. The zero-order valence-electron chi connectivity index (χ0n) is 9.29. The van der Waals surface area contributed by atoms with Crippen LogP contribution in [0.2, 0.25) is 0 Å². The van der Waals surface area contributed by atoms with Crippen molar-refractivity contribution in [1.29, 1.82) is 0 Å². The van der Waals surface area contributed by atoms with Crippen molar-refractivity contribution >= 4 is 39.7 Å². The van der Waals surface area contributed by atoms with Gasteiger partial charge in [-0.3, -0.25) is 0 Å². The van der Waals surface area contributed by atoms with Crippen LogP contribution < -0.4 is 0 Å². The Morgan fingerprint density at radius 3 is 2.06 bits per heavy atom. The van der Waals surface area contributed by atoms with E-state index in [1.807, 2.05) is 6.07 Å². The van der Waals surface area contributed by atoms with Gasteiger partial charge in [-0.15, -0.1) is 0 Å². The van der Waals surface area contributed by atoms with Gasteiger partial charge in [-0.25, -0.2) is 0 Å². The maximum absolute atomic E-state index is 10.3. The number of nitrogens with zero attached hydrogens (tertiary/aromatic N) is 1. The minimum atomic E-state index is 0.0996. The molecule has 3 aromatic carbocycles. The second-order valence-corrected chi connectivity index (χ2v) is 4.22. The molecule has 0 aliphatic rings. The van der Waals surface area contributed by atoms with Gasteiger partial charge >= 0.3 is 0 Å². The van der Waals surface area contributed by atoms with Crippen molar-refractivity contribution in [3.63, 3.8) is 0 Å². The first-order valence-electron chi connectivity index (χ1n) is 5.42. The highest BCUT2D eigenvalue weighted by atomic mass is 32.1. The molecule has 0 atom stereocenters. The average Bonchev–Trinajstić information content (AvgIpc) is 2.44. The minimum absolute atomic E-state index is 0.0996. The van der Waals surface area contributed by atoms with Gasteiger partial charge in [0.2, 0.25) is 0 Å². The SMILES string of the molecule is Oc1c2ccccc2c(O)c2c(N=S)cccc12. The molecule has 0 bridgehead atoms. The third-order valence-electron chi connectivity index (χ3n) is 3.07. The fourth-order valence-electron chi connectivity index (χ4n) is 2.24. The summed E-state index contributed by atoms with van der Waals surface area (Å²) >= 11 is 4.70. The van der Waals surface area contributed by atoms with E-state index in [9.17, 15) is 10.2 Å². The van der Waals surface area contributed by atoms with Crippen molar-refractivity contribution in [2.75, 3.05) is 0 Å². The third kappa shape index (κ3) is 1.36. The zero-order chi connectivity index (χ0) is 12.7. The molecule has 3 rings (SSSR count). The number of phenols is 2. The molecule has 0 amide bonds. The second kappa shape index (κ2) is 3.92. The number of fused-ring (bicyclic) bond motifs is 2. The van der Waals surface area contributed by atoms with E-state index in [-0.39, 0.29) is 11.5 Å². The Morgan fingerprint density at radius 2 is 1.39 bits per heavy atom. The van der Waals surface area contributed by atoms with Crippen LogP contribution in [0.25, 0.3) is 21.5 Å². The van der Waals surface area contributed by atoms with E-state index in [1.54, 1.807) is 36.4 Å². The molecule has 3 nitrogen and oxygen atoms in total. The van der Waals surface area contributed by atoms with Gasteiger partial charge in [-0.05, 0) is 6.07 Å². The van der Waals surface area contributed by atoms with E-state index in [2.05, 4.69) is 4.36 Å². The van der Waals surface area contributed by atoms with Gasteiger partial charge in [-0.2, -0.15) is 4.36 Å². The Bertz CT molecular complexity index is 783. The van der Waals surface area contributed by atoms with Gasteiger partial charge in [0, 0.05) is 28.6 Å². The summed E-state index contributed by atoms with van der Waals surface area (Å²) in [5, 5.41) is 22.8. The molecule has 0 unspecified atom stereocenters. The highest BCUT2D eigenvalue weighted by molar-refractivity contribution is 7.47. The fourth-order valence-corrected chi connectivity index (χ4v) is 2.39. The van der Waals surface area contributed by atoms with Crippen molar-refractivity contribution < 1.29 is 10.2 Å². The largest absolute Gasteiger partial charge is 0.507 e. The summed E-state index contributed by atoms with van der Waals surface area (Å²) in [6.45, 7) is 0. The van der Waals surface area contributed by atoms with Gasteiger partial charge in [0.25, 0.3) is 0 Å². The Labute approximate surface area is 108 Å². The normalized spacial score (nSPS) is 10.9. The summed E-state index contributed by atoms with van der Waals surface area (Å²) in [5.74, 6) is 0.238.